The van der Waals surface area contributed by atoms with Crippen LogP contribution < -0.4 is 10.2 Å². The molecule has 0 spiro atoms. The molecule has 1 aliphatic heterocycles. The third-order valence-corrected chi connectivity index (χ3v) is 5.96. The number of anilines is 2. The Hall–Kier alpha value is -4.26. The smallest absolute Gasteiger partial charge is 0.410 e. The molecule has 1 fully saturated rings. The van der Waals surface area contributed by atoms with Crippen molar-refractivity contribution < 1.29 is 19.4 Å². The predicted octanol–water partition coefficient (Wildman–Crippen LogP) is 5.87. The number of amides is 2. The predicted molar refractivity (Wildman–Crippen MR) is 148 cm³/mol. The first-order valence-electron chi connectivity index (χ1n) is 12.4. The maximum absolute atomic E-state index is 12.7. The van der Waals surface area contributed by atoms with E-state index in [1.807, 2.05) is 93.6 Å². The maximum Gasteiger partial charge on any atom is 0.410 e. The molecule has 192 valence electrons. The number of phenolic OH excluding ortho intramolecular Hbond substituents is 1. The van der Waals surface area contributed by atoms with Gasteiger partial charge in [0.05, 0.1) is 0 Å². The molecule has 0 radical (unpaired) electrons. The lowest BCUT2D eigenvalue weighted by Gasteiger charge is -2.36. The first-order valence-corrected chi connectivity index (χ1v) is 12.4. The van der Waals surface area contributed by atoms with Gasteiger partial charge in [0.25, 0.3) is 5.91 Å². The van der Waals surface area contributed by atoms with Crippen molar-refractivity contribution in [1.82, 2.24) is 4.90 Å². The van der Waals surface area contributed by atoms with Gasteiger partial charge < -0.3 is 25.0 Å². The molecule has 0 bridgehead atoms. The van der Waals surface area contributed by atoms with Gasteiger partial charge in [-0.2, -0.15) is 0 Å². The Morgan fingerprint density at radius 2 is 1.35 bits per heavy atom. The number of rotatable bonds is 5. The van der Waals surface area contributed by atoms with Crippen LogP contribution in [0.1, 0.15) is 42.3 Å². The van der Waals surface area contributed by atoms with Crippen molar-refractivity contribution >= 4 is 35.5 Å². The summed E-state index contributed by atoms with van der Waals surface area (Å²) < 4.78 is 5.46. The van der Waals surface area contributed by atoms with E-state index >= 15 is 0 Å². The monoisotopic (exact) mass is 499 g/mol. The van der Waals surface area contributed by atoms with Crippen molar-refractivity contribution in [3.63, 3.8) is 0 Å². The van der Waals surface area contributed by atoms with Gasteiger partial charge in [0, 0.05) is 43.1 Å². The number of nitrogens with zero attached hydrogens (tertiary/aromatic N) is 2. The van der Waals surface area contributed by atoms with Crippen LogP contribution in [0.4, 0.5) is 16.2 Å². The number of ether oxygens (including phenoxy) is 1. The number of piperazine rings is 1. The average molecular weight is 500 g/mol. The zero-order chi connectivity index (χ0) is 26.4. The lowest BCUT2D eigenvalue weighted by atomic mass is 10.1. The third kappa shape index (κ3) is 7.36. The number of hydrogen-bond donors (Lipinski definition) is 2. The van der Waals surface area contributed by atoms with Crippen LogP contribution >= 0.6 is 0 Å². The van der Waals surface area contributed by atoms with Crippen LogP contribution in [0.2, 0.25) is 0 Å². The van der Waals surface area contributed by atoms with Gasteiger partial charge in [-0.1, -0.05) is 36.4 Å². The highest BCUT2D eigenvalue weighted by Gasteiger charge is 2.26. The van der Waals surface area contributed by atoms with Crippen LogP contribution in [0, 0.1) is 0 Å². The average Bonchev–Trinajstić information content (AvgIpc) is 2.88. The number of aromatic hydroxyl groups is 1. The number of benzene rings is 3. The van der Waals surface area contributed by atoms with Crippen molar-refractivity contribution in [3.8, 4) is 5.75 Å². The van der Waals surface area contributed by atoms with Gasteiger partial charge in [0.1, 0.15) is 11.4 Å². The van der Waals surface area contributed by atoms with E-state index in [0.29, 0.717) is 37.4 Å². The summed E-state index contributed by atoms with van der Waals surface area (Å²) in [6.45, 7) is 8.21. The Balaban J connectivity index is 1.28. The van der Waals surface area contributed by atoms with E-state index in [1.165, 1.54) is 0 Å². The van der Waals surface area contributed by atoms with Gasteiger partial charge in [-0.05, 0) is 80.4 Å². The second kappa shape index (κ2) is 11.2. The van der Waals surface area contributed by atoms with E-state index in [9.17, 15) is 14.7 Å². The van der Waals surface area contributed by atoms with Crippen LogP contribution in [0.15, 0.2) is 72.8 Å². The molecule has 2 N–H and O–H groups in total. The number of carbonyl (C=O) groups excluding carboxylic acids is 2. The molecule has 7 heteroatoms. The van der Waals surface area contributed by atoms with Crippen LogP contribution in [0.5, 0.6) is 5.75 Å². The van der Waals surface area contributed by atoms with Crippen molar-refractivity contribution in [2.75, 3.05) is 36.4 Å². The summed E-state index contributed by atoms with van der Waals surface area (Å²) in [5.41, 5.74) is 3.80. The first-order chi connectivity index (χ1) is 17.7. The van der Waals surface area contributed by atoms with Crippen molar-refractivity contribution in [2.45, 2.75) is 26.4 Å². The molecule has 0 unspecified atom stereocenters. The van der Waals surface area contributed by atoms with E-state index in [0.717, 1.165) is 16.8 Å². The fourth-order valence-corrected chi connectivity index (χ4v) is 3.96. The summed E-state index contributed by atoms with van der Waals surface area (Å²) >= 11 is 0. The Bertz CT molecular complexity index is 1240. The zero-order valence-electron chi connectivity index (χ0n) is 21.5. The number of carbonyl (C=O) groups is 2. The molecule has 0 atom stereocenters. The Morgan fingerprint density at radius 3 is 1.89 bits per heavy atom. The fourth-order valence-electron chi connectivity index (χ4n) is 3.96. The van der Waals surface area contributed by atoms with Crippen molar-refractivity contribution in [2.24, 2.45) is 0 Å². The van der Waals surface area contributed by atoms with Gasteiger partial charge in [-0.3, -0.25) is 4.79 Å². The van der Waals surface area contributed by atoms with Gasteiger partial charge in [-0.25, -0.2) is 4.79 Å². The molecule has 3 aromatic carbocycles. The lowest BCUT2D eigenvalue weighted by Crippen LogP contribution is -2.50. The molecule has 1 saturated heterocycles. The SMILES string of the molecule is CC(C)(C)OC(=O)N1CCN(c2ccc(C(=O)Nc3ccc(/C=C/c4ccc(O)cc4)cc3)cc2)CC1. The molecule has 2 amide bonds. The summed E-state index contributed by atoms with van der Waals surface area (Å²) in [5.74, 6) is 0.0682. The molecule has 0 aromatic heterocycles. The molecule has 0 saturated carbocycles. The van der Waals surface area contributed by atoms with E-state index < -0.39 is 5.60 Å². The van der Waals surface area contributed by atoms with Crippen LogP contribution in [0.3, 0.4) is 0 Å². The van der Waals surface area contributed by atoms with Crippen LogP contribution in [-0.2, 0) is 4.74 Å². The highest BCUT2D eigenvalue weighted by atomic mass is 16.6. The lowest BCUT2D eigenvalue weighted by molar-refractivity contribution is 0.0240. The normalized spacial score (nSPS) is 14.0. The van der Waals surface area contributed by atoms with E-state index in [-0.39, 0.29) is 17.7 Å². The topological polar surface area (TPSA) is 82.1 Å². The zero-order valence-corrected chi connectivity index (χ0v) is 21.5. The van der Waals surface area contributed by atoms with E-state index in [4.69, 9.17) is 4.74 Å². The summed E-state index contributed by atoms with van der Waals surface area (Å²) in [7, 11) is 0. The standard InChI is InChI=1S/C30H33N3O4/c1-30(2,3)37-29(36)33-20-18-32(19-21-33)26-14-10-24(11-15-26)28(35)31-25-12-6-22(7-13-25)4-5-23-8-16-27(34)17-9-23/h4-17,34H,18-21H2,1-3H3,(H,31,35)/b5-4+. The molecule has 0 aliphatic carbocycles. The summed E-state index contributed by atoms with van der Waals surface area (Å²) in [6, 6.07) is 22.1. The largest absolute Gasteiger partial charge is 0.508 e. The van der Waals surface area contributed by atoms with E-state index in [2.05, 4.69) is 10.2 Å². The fraction of sp³-hybridized carbons (Fsp3) is 0.267. The van der Waals surface area contributed by atoms with Crippen LogP contribution in [0.25, 0.3) is 12.2 Å². The summed E-state index contributed by atoms with van der Waals surface area (Å²) in [5, 5.41) is 12.3. The molecule has 1 heterocycles. The quantitative estimate of drug-likeness (QED) is 0.429. The van der Waals surface area contributed by atoms with Crippen LogP contribution in [-0.4, -0.2) is 53.8 Å². The molecule has 37 heavy (non-hydrogen) atoms. The van der Waals surface area contributed by atoms with Crippen molar-refractivity contribution in [1.29, 1.82) is 0 Å². The Labute approximate surface area is 218 Å². The third-order valence-electron chi connectivity index (χ3n) is 5.96. The minimum absolute atomic E-state index is 0.173. The molecule has 4 rings (SSSR count). The molecule has 7 nitrogen and oxygen atoms in total. The Morgan fingerprint density at radius 1 is 0.811 bits per heavy atom. The Kier molecular flexibility index (Phi) is 7.82. The van der Waals surface area contributed by atoms with Gasteiger partial charge >= 0.3 is 6.09 Å². The summed E-state index contributed by atoms with van der Waals surface area (Å²) in [4.78, 5) is 29.0. The minimum Gasteiger partial charge on any atom is -0.508 e. The highest BCUT2D eigenvalue weighted by Crippen LogP contribution is 2.20. The molecule has 1 aliphatic rings. The highest BCUT2D eigenvalue weighted by molar-refractivity contribution is 6.04. The second-order valence-corrected chi connectivity index (χ2v) is 10.0. The second-order valence-electron chi connectivity index (χ2n) is 10.0. The number of phenols is 1. The molecule has 3 aromatic rings. The maximum atomic E-state index is 12.7. The van der Waals surface area contributed by atoms with Gasteiger partial charge in [-0.15, -0.1) is 0 Å². The van der Waals surface area contributed by atoms with Gasteiger partial charge in [0.15, 0.2) is 0 Å². The van der Waals surface area contributed by atoms with E-state index in [1.54, 1.807) is 17.0 Å². The minimum atomic E-state index is -0.502. The number of hydrogen-bond acceptors (Lipinski definition) is 5. The summed E-state index contributed by atoms with van der Waals surface area (Å²) in [6.07, 6.45) is 3.66. The molecular weight excluding hydrogens is 466 g/mol. The number of nitrogens with one attached hydrogen (secondary N) is 1. The van der Waals surface area contributed by atoms with Gasteiger partial charge in [0.2, 0.25) is 0 Å². The van der Waals surface area contributed by atoms with Crippen molar-refractivity contribution in [3.05, 3.63) is 89.5 Å². The molecular formula is C30H33N3O4. The first kappa shape index (κ1) is 25.8.